The molecular formula is C21H24N4O2S. The quantitative estimate of drug-likeness (QED) is 0.662. The fourth-order valence-corrected chi connectivity index (χ4v) is 3.59. The fourth-order valence-electron chi connectivity index (χ4n) is 2.80. The maximum atomic E-state index is 12.7. The first kappa shape index (κ1) is 20.1. The molecular weight excluding hydrogens is 372 g/mol. The topological polar surface area (TPSA) is 88.0 Å². The summed E-state index contributed by atoms with van der Waals surface area (Å²) >= 11 is 1.38. The zero-order chi connectivity index (χ0) is 20.3. The number of aromatic nitrogens is 3. The Morgan fingerprint density at radius 3 is 2.50 bits per heavy atom. The first-order chi connectivity index (χ1) is 13.4. The van der Waals surface area contributed by atoms with Gasteiger partial charge in [0.05, 0.1) is 16.1 Å². The van der Waals surface area contributed by atoms with Crippen molar-refractivity contribution in [1.29, 1.82) is 0 Å². The third-order valence-corrected chi connectivity index (χ3v) is 5.65. The molecule has 2 heterocycles. The number of amides is 1. The number of carbonyl (C=O) groups is 1. The highest BCUT2D eigenvalue weighted by molar-refractivity contribution is 7.09. The Labute approximate surface area is 168 Å². The van der Waals surface area contributed by atoms with E-state index in [9.17, 15) is 9.90 Å². The maximum Gasteiger partial charge on any atom is 0.251 e. The summed E-state index contributed by atoms with van der Waals surface area (Å²) in [4.78, 5) is 26.4. The van der Waals surface area contributed by atoms with Gasteiger partial charge in [0.2, 0.25) is 0 Å². The van der Waals surface area contributed by atoms with Crippen molar-refractivity contribution in [3.05, 3.63) is 63.4 Å². The number of nitrogens with one attached hydrogen (secondary N) is 1. The van der Waals surface area contributed by atoms with Crippen molar-refractivity contribution in [3.8, 4) is 11.4 Å². The van der Waals surface area contributed by atoms with Crippen LogP contribution in [0.25, 0.3) is 11.4 Å². The molecule has 0 saturated carbocycles. The van der Waals surface area contributed by atoms with Crippen LogP contribution < -0.4 is 5.32 Å². The summed E-state index contributed by atoms with van der Waals surface area (Å²) in [5.74, 6) is 0.708. The first-order valence-electron chi connectivity index (χ1n) is 9.16. The average molecular weight is 397 g/mol. The Hall–Kier alpha value is -2.64. The lowest BCUT2D eigenvalue weighted by atomic mass is 10.0. The molecule has 0 aliphatic carbocycles. The zero-order valence-electron chi connectivity index (χ0n) is 16.4. The van der Waals surface area contributed by atoms with Crippen molar-refractivity contribution >= 4 is 17.2 Å². The second-order valence-corrected chi connectivity index (χ2v) is 7.94. The van der Waals surface area contributed by atoms with Crippen molar-refractivity contribution in [3.63, 3.8) is 0 Å². The summed E-state index contributed by atoms with van der Waals surface area (Å²) in [6.07, 6.45) is 2.87. The number of hydrogen-bond acceptors (Lipinski definition) is 6. The van der Waals surface area contributed by atoms with Gasteiger partial charge in [-0.15, -0.1) is 11.3 Å². The van der Waals surface area contributed by atoms with Crippen LogP contribution in [0.15, 0.2) is 36.1 Å². The molecule has 2 aromatic heterocycles. The predicted octanol–water partition coefficient (Wildman–Crippen LogP) is 3.80. The number of hydrogen-bond donors (Lipinski definition) is 2. The van der Waals surface area contributed by atoms with Gasteiger partial charge in [0.15, 0.2) is 5.82 Å². The molecule has 0 unspecified atom stereocenters. The molecule has 0 bridgehead atoms. The van der Waals surface area contributed by atoms with Crippen LogP contribution >= 0.6 is 11.3 Å². The summed E-state index contributed by atoms with van der Waals surface area (Å²) in [6.45, 7) is 8.04. The Morgan fingerprint density at radius 1 is 1.18 bits per heavy atom. The zero-order valence-corrected chi connectivity index (χ0v) is 17.2. The SMILES string of the molecule is Cc1ccc(-c2ncc(C(C)C)cn2)cc1C(=O)NC[C@@H](O)c1scnc1C. The average Bonchev–Trinajstić information content (AvgIpc) is 3.12. The van der Waals surface area contributed by atoms with Gasteiger partial charge in [-0.1, -0.05) is 26.0 Å². The van der Waals surface area contributed by atoms with Crippen molar-refractivity contribution in [2.45, 2.75) is 39.7 Å². The van der Waals surface area contributed by atoms with Crippen molar-refractivity contribution < 1.29 is 9.90 Å². The van der Waals surface area contributed by atoms with E-state index in [4.69, 9.17) is 0 Å². The van der Waals surface area contributed by atoms with Gasteiger partial charge < -0.3 is 10.4 Å². The summed E-state index contributed by atoms with van der Waals surface area (Å²) in [5, 5.41) is 13.1. The molecule has 1 amide bonds. The van der Waals surface area contributed by atoms with E-state index in [0.717, 1.165) is 27.3 Å². The van der Waals surface area contributed by atoms with E-state index in [1.807, 2.05) is 38.4 Å². The van der Waals surface area contributed by atoms with Crippen LogP contribution in [0.2, 0.25) is 0 Å². The minimum atomic E-state index is -0.771. The normalized spacial score (nSPS) is 12.2. The van der Waals surface area contributed by atoms with Crippen LogP contribution in [-0.4, -0.2) is 32.5 Å². The minimum absolute atomic E-state index is 0.130. The van der Waals surface area contributed by atoms with E-state index in [1.54, 1.807) is 11.6 Å². The number of aliphatic hydroxyl groups excluding tert-OH is 1. The first-order valence-corrected chi connectivity index (χ1v) is 10.0. The second kappa shape index (κ2) is 8.58. The number of nitrogens with zero attached hydrogens (tertiary/aromatic N) is 3. The summed E-state index contributed by atoms with van der Waals surface area (Å²) in [5.41, 5.74) is 5.72. The molecule has 1 atom stereocenters. The summed E-state index contributed by atoms with van der Waals surface area (Å²) in [7, 11) is 0. The molecule has 0 aliphatic rings. The number of aryl methyl sites for hydroxylation is 2. The van der Waals surface area contributed by atoms with Gasteiger partial charge in [0.25, 0.3) is 5.91 Å². The van der Waals surface area contributed by atoms with Crippen molar-refractivity contribution in [1.82, 2.24) is 20.3 Å². The van der Waals surface area contributed by atoms with Gasteiger partial charge in [-0.25, -0.2) is 15.0 Å². The van der Waals surface area contributed by atoms with Crippen LogP contribution in [0.4, 0.5) is 0 Å². The van der Waals surface area contributed by atoms with Crippen LogP contribution in [0, 0.1) is 13.8 Å². The number of rotatable bonds is 6. The molecule has 6 nitrogen and oxygen atoms in total. The van der Waals surface area contributed by atoms with E-state index < -0.39 is 6.10 Å². The molecule has 3 rings (SSSR count). The molecule has 0 radical (unpaired) electrons. The number of aliphatic hydroxyl groups is 1. The third-order valence-electron chi connectivity index (χ3n) is 4.62. The Balaban J connectivity index is 1.75. The van der Waals surface area contributed by atoms with Gasteiger partial charge in [-0.2, -0.15) is 0 Å². The molecule has 1 aromatic carbocycles. The molecule has 0 spiro atoms. The van der Waals surface area contributed by atoms with Crippen LogP contribution in [0.5, 0.6) is 0 Å². The largest absolute Gasteiger partial charge is 0.386 e. The molecule has 0 fully saturated rings. The van der Waals surface area contributed by atoms with Gasteiger partial charge in [-0.05, 0) is 37.0 Å². The smallest absolute Gasteiger partial charge is 0.251 e. The van der Waals surface area contributed by atoms with Gasteiger partial charge in [0.1, 0.15) is 6.10 Å². The third kappa shape index (κ3) is 4.43. The Bertz CT molecular complexity index is 967. The van der Waals surface area contributed by atoms with Crippen LogP contribution in [0.1, 0.15) is 57.9 Å². The predicted molar refractivity (Wildman–Crippen MR) is 110 cm³/mol. The lowest BCUT2D eigenvalue weighted by molar-refractivity contribution is 0.0917. The lowest BCUT2D eigenvalue weighted by Crippen LogP contribution is -2.29. The van der Waals surface area contributed by atoms with Gasteiger partial charge >= 0.3 is 0 Å². The van der Waals surface area contributed by atoms with Gasteiger partial charge in [0, 0.05) is 30.1 Å². The summed E-state index contributed by atoms with van der Waals surface area (Å²) < 4.78 is 0. The molecule has 2 N–H and O–H groups in total. The number of benzene rings is 1. The molecule has 0 aliphatic heterocycles. The molecule has 3 aromatic rings. The van der Waals surface area contributed by atoms with E-state index in [0.29, 0.717) is 17.3 Å². The van der Waals surface area contributed by atoms with Crippen molar-refractivity contribution in [2.75, 3.05) is 6.54 Å². The lowest BCUT2D eigenvalue weighted by Gasteiger charge is -2.13. The highest BCUT2D eigenvalue weighted by Crippen LogP contribution is 2.22. The van der Waals surface area contributed by atoms with E-state index in [2.05, 4.69) is 34.1 Å². The Morgan fingerprint density at radius 2 is 1.89 bits per heavy atom. The van der Waals surface area contributed by atoms with Crippen LogP contribution in [-0.2, 0) is 0 Å². The van der Waals surface area contributed by atoms with Gasteiger partial charge in [-0.3, -0.25) is 4.79 Å². The maximum absolute atomic E-state index is 12.7. The van der Waals surface area contributed by atoms with E-state index >= 15 is 0 Å². The minimum Gasteiger partial charge on any atom is -0.386 e. The highest BCUT2D eigenvalue weighted by atomic mass is 32.1. The van der Waals surface area contributed by atoms with Crippen LogP contribution in [0.3, 0.4) is 0 Å². The fraction of sp³-hybridized carbons (Fsp3) is 0.333. The number of carbonyl (C=O) groups excluding carboxylic acids is 1. The molecule has 0 saturated heterocycles. The molecule has 146 valence electrons. The number of thiazole rings is 1. The standard InChI is InChI=1S/C21H24N4O2S/c1-12(2)16-8-22-20(23-9-16)15-6-5-13(3)17(7-15)21(27)24-10-18(26)19-14(4)25-11-28-19/h5-9,11-12,18,26H,10H2,1-4H3,(H,24,27)/t18-/m1/s1. The van der Waals surface area contributed by atoms with Crippen molar-refractivity contribution in [2.24, 2.45) is 0 Å². The molecule has 7 heteroatoms. The van der Waals surface area contributed by atoms with E-state index in [1.165, 1.54) is 11.3 Å². The monoisotopic (exact) mass is 396 g/mol. The highest BCUT2D eigenvalue weighted by Gasteiger charge is 2.17. The van der Waals surface area contributed by atoms with E-state index in [-0.39, 0.29) is 12.5 Å². The Kier molecular flexibility index (Phi) is 6.16. The molecule has 28 heavy (non-hydrogen) atoms. The summed E-state index contributed by atoms with van der Waals surface area (Å²) in [6, 6.07) is 5.58. The second-order valence-electron chi connectivity index (χ2n) is 7.05.